The van der Waals surface area contributed by atoms with Crippen molar-refractivity contribution in [3.8, 4) is 0 Å². The van der Waals surface area contributed by atoms with E-state index < -0.39 is 0 Å². The van der Waals surface area contributed by atoms with Crippen LogP contribution >= 0.6 is 11.3 Å². The Hall–Kier alpha value is -1.29. The van der Waals surface area contributed by atoms with E-state index in [-0.39, 0.29) is 0 Å². The topological polar surface area (TPSA) is 42.2 Å². The minimum Gasteiger partial charge on any atom is -0.397 e. The van der Waals surface area contributed by atoms with E-state index in [1.165, 1.54) is 0 Å². The average molecular weight is 193 g/mol. The molecular formula is C9H11N3S. The highest BCUT2D eigenvalue weighted by atomic mass is 32.1. The highest BCUT2D eigenvalue weighted by Crippen LogP contribution is 2.33. The summed E-state index contributed by atoms with van der Waals surface area (Å²) in [6, 6.07) is 1.98. The SMILES string of the molecule is CN(C)c1ccnc2scc(N)c12. The molecule has 2 N–H and O–H groups in total. The summed E-state index contributed by atoms with van der Waals surface area (Å²) in [5, 5.41) is 3.00. The fourth-order valence-electron chi connectivity index (χ4n) is 1.34. The number of nitrogen functional groups attached to an aromatic ring is 1. The molecule has 0 bridgehead atoms. The van der Waals surface area contributed by atoms with E-state index in [9.17, 15) is 0 Å². The Balaban J connectivity index is 2.80. The maximum Gasteiger partial charge on any atom is 0.127 e. The molecule has 2 aromatic rings. The number of fused-ring (bicyclic) bond motifs is 1. The standard InChI is InChI=1S/C9H11N3S/c1-12(2)7-3-4-11-9-8(7)6(10)5-13-9/h3-5H,10H2,1-2H3. The number of aromatic nitrogens is 1. The van der Waals surface area contributed by atoms with E-state index >= 15 is 0 Å². The van der Waals surface area contributed by atoms with Gasteiger partial charge in [-0.3, -0.25) is 0 Å². The molecule has 0 aliphatic rings. The number of anilines is 2. The molecular weight excluding hydrogens is 182 g/mol. The first-order valence-electron chi connectivity index (χ1n) is 3.99. The third-order valence-corrected chi connectivity index (χ3v) is 2.87. The highest BCUT2D eigenvalue weighted by molar-refractivity contribution is 7.17. The molecule has 68 valence electrons. The summed E-state index contributed by atoms with van der Waals surface area (Å²) in [6.07, 6.45) is 1.81. The molecule has 13 heavy (non-hydrogen) atoms. The first-order chi connectivity index (χ1) is 6.20. The van der Waals surface area contributed by atoms with Crippen molar-refractivity contribution in [3.05, 3.63) is 17.6 Å². The second-order valence-corrected chi connectivity index (χ2v) is 3.95. The number of pyridine rings is 1. The maximum atomic E-state index is 5.86. The fourth-order valence-corrected chi connectivity index (χ4v) is 2.16. The second-order valence-electron chi connectivity index (χ2n) is 3.10. The Morgan fingerprint density at radius 1 is 1.46 bits per heavy atom. The van der Waals surface area contributed by atoms with Crippen LogP contribution in [0.3, 0.4) is 0 Å². The molecule has 4 heteroatoms. The van der Waals surface area contributed by atoms with Crippen molar-refractivity contribution in [2.45, 2.75) is 0 Å². The molecule has 0 fully saturated rings. The van der Waals surface area contributed by atoms with Crippen molar-refractivity contribution >= 4 is 32.9 Å². The minimum atomic E-state index is 0.816. The average Bonchev–Trinajstić information content (AvgIpc) is 2.48. The van der Waals surface area contributed by atoms with Crippen molar-refractivity contribution in [2.24, 2.45) is 0 Å². The normalized spacial score (nSPS) is 10.6. The second kappa shape index (κ2) is 2.88. The van der Waals surface area contributed by atoms with Crippen LogP contribution in [0.2, 0.25) is 0 Å². The largest absolute Gasteiger partial charge is 0.397 e. The van der Waals surface area contributed by atoms with Crippen LogP contribution in [-0.2, 0) is 0 Å². The summed E-state index contributed by atoms with van der Waals surface area (Å²) in [7, 11) is 4.01. The summed E-state index contributed by atoms with van der Waals surface area (Å²) in [5.41, 5.74) is 7.80. The van der Waals surface area contributed by atoms with Crippen LogP contribution in [0.25, 0.3) is 10.2 Å². The summed E-state index contributed by atoms with van der Waals surface area (Å²) in [6.45, 7) is 0. The predicted octanol–water partition coefficient (Wildman–Crippen LogP) is 1.94. The lowest BCUT2D eigenvalue weighted by Gasteiger charge is -2.13. The Morgan fingerprint density at radius 3 is 2.92 bits per heavy atom. The first kappa shape index (κ1) is 8.31. The lowest BCUT2D eigenvalue weighted by molar-refractivity contribution is 1.14. The third kappa shape index (κ3) is 1.23. The van der Waals surface area contributed by atoms with Gasteiger partial charge in [0, 0.05) is 25.7 Å². The molecule has 0 unspecified atom stereocenters. The van der Waals surface area contributed by atoms with Gasteiger partial charge in [-0.05, 0) is 6.07 Å². The minimum absolute atomic E-state index is 0.816. The lowest BCUT2D eigenvalue weighted by atomic mass is 10.2. The van der Waals surface area contributed by atoms with Crippen LogP contribution in [0.1, 0.15) is 0 Å². The summed E-state index contributed by atoms with van der Waals surface area (Å²) >= 11 is 1.58. The van der Waals surface area contributed by atoms with E-state index in [0.29, 0.717) is 0 Å². The van der Waals surface area contributed by atoms with Crippen molar-refractivity contribution in [1.29, 1.82) is 0 Å². The zero-order valence-corrected chi connectivity index (χ0v) is 8.43. The molecule has 0 aromatic carbocycles. The van der Waals surface area contributed by atoms with Gasteiger partial charge in [-0.2, -0.15) is 0 Å². The monoisotopic (exact) mass is 193 g/mol. The number of hydrogen-bond acceptors (Lipinski definition) is 4. The van der Waals surface area contributed by atoms with Crippen LogP contribution in [-0.4, -0.2) is 19.1 Å². The van der Waals surface area contributed by atoms with Gasteiger partial charge in [0.15, 0.2) is 0 Å². The van der Waals surface area contributed by atoms with Gasteiger partial charge in [0.1, 0.15) is 4.83 Å². The molecule has 0 amide bonds. The molecule has 0 atom stereocenters. The zero-order chi connectivity index (χ0) is 9.42. The zero-order valence-electron chi connectivity index (χ0n) is 7.61. The maximum absolute atomic E-state index is 5.86. The van der Waals surface area contributed by atoms with Crippen LogP contribution in [0.4, 0.5) is 11.4 Å². The third-order valence-electron chi connectivity index (χ3n) is 1.96. The van der Waals surface area contributed by atoms with E-state index in [1.54, 1.807) is 11.3 Å². The number of hydrogen-bond donors (Lipinski definition) is 1. The van der Waals surface area contributed by atoms with E-state index in [4.69, 9.17) is 5.73 Å². The van der Waals surface area contributed by atoms with Gasteiger partial charge in [0.05, 0.1) is 16.8 Å². The molecule has 3 nitrogen and oxygen atoms in total. The molecule has 0 aliphatic heterocycles. The summed E-state index contributed by atoms with van der Waals surface area (Å²) < 4.78 is 0. The van der Waals surface area contributed by atoms with Gasteiger partial charge in [0.25, 0.3) is 0 Å². The molecule has 2 aromatic heterocycles. The summed E-state index contributed by atoms with van der Waals surface area (Å²) in [4.78, 5) is 7.31. The predicted molar refractivity (Wildman–Crippen MR) is 58.4 cm³/mol. The Morgan fingerprint density at radius 2 is 2.23 bits per heavy atom. The van der Waals surface area contributed by atoms with Crippen molar-refractivity contribution in [2.75, 3.05) is 24.7 Å². The fraction of sp³-hybridized carbons (Fsp3) is 0.222. The lowest BCUT2D eigenvalue weighted by Crippen LogP contribution is -2.09. The van der Waals surface area contributed by atoms with E-state index in [2.05, 4.69) is 4.98 Å². The smallest absolute Gasteiger partial charge is 0.127 e. The van der Waals surface area contributed by atoms with Gasteiger partial charge in [0.2, 0.25) is 0 Å². The van der Waals surface area contributed by atoms with Crippen molar-refractivity contribution in [1.82, 2.24) is 4.98 Å². The van der Waals surface area contributed by atoms with Crippen LogP contribution in [0.5, 0.6) is 0 Å². The van der Waals surface area contributed by atoms with Gasteiger partial charge in [-0.25, -0.2) is 4.98 Å². The first-order valence-corrected chi connectivity index (χ1v) is 4.87. The van der Waals surface area contributed by atoms with Gasteiger partial charge in [-0.15, -0.1) is 11.3 Å². The van der Waals surface area contributed by atoms with Crippen LogP contribution < -0.4 is 10.6 Å². The van der Waals surface area contributed by atoms with E-state index in [0.717, 1.165) is 21.6 Å². The quantitative estimate of drug-likeness (QED) is 0.752. The number of nitrogens with zero attached hydrogens (tertiary/aromatic N) is 2. The highest BCUT2D eigenvalue weighted by Gasteiger charge is 2.08. The number of thiophene rings is 1. The molecule has 0 saturated carbocycles. The Bertz CT molecular complexity index is 433. The molecule has 0 aliphatic carbocycles. The van der Waals surface area contributed by atoms with Crippen LogP contribution in [0, 0.1) is 0 Å². The molecule has 0 saturated heterocycles. The number of rotatable bonds is 1. The molecule has 0 spiro atoms. The van der Waals surface area contributed by atoms with Gasteiger partial charge < -0.3 is 10.6 Å². The van der Waals surface area contributed by atoms with Gasteiger partial charge in [-0.1, -0.05) is 0 Å². The van der Waals surface area contributed by atoms with Crippen LogP contribution in [0.15, 0.2) is 17.6 Å². The Labute approximate surface area is 80.8 Å². The van der Waals surface area contributed by atoms with Crippen molar-refractivity contribution < 1.29 is 0 Å². The van der Waals surface area contributed by atoms with Crippen molar-refractivity contribution in [3.63, 3.8) is 0 Å². The molecule has 2 heterocycles. The van der Waals surface area contributed by atoms with E-state index in [1.807, 2.05) is 36.6 Å². The summed E-state index contributed by atoms with van der Waals surface area (Å²) in [5.74, 6) is 0. The molecule has 2 rings (SSSR count). The Kier molecular flexibility index (Phi) is 1.84. The van der Waals surface area contributed by atoms with Gasteiger partial charge >= 0.3 is 0 Å². The molecule has 0 radical (unpaired) electrons. The number of nitrogens with two attached hydrogens (primary N) is 1.